The average molecular weight is 222 g/mol. The van der Waals surface area contributed by atoms with Crippen LogP contribution >= 0.6 is 0 Å². The smallest absolute Gasteiger partial charge is 0.0864 e. The molecule has 1 aromatic rings. The molecule has 84 valence electrons. The van der Waals surface area contributed by atoms with Gasteiger partial charge < -0.3 is 4.57 Å². The van der Waals surface area contributed by atoms with Gasteiger partial charge in [-0.2, -0.15) is 0 Å². The highest BCUT2D eigenvalue weighted by Crippen LogP contribution is 2.18. The number of fused-ring (bicyclic) bond motifs is 1. The van der Waals surface area contributed by atoms with Crippen LogP contribution in [0, 0.1) is 0 Å². The van der Waals surface area contributed by atoms with Crippen LogP contribution in [-0.2, 0) is 13.0 Å². The third kappa shape index (κ3) is 2.21. The van der Waals surface area contributed by atoms with Gasteiger partial charge in [-0.05, 0) is 24.1 Å². The van der Waals surface area contributed by atoms with Gasteiger partial charge in [0.25, 0.3) is 0 Å². The predicted molar refractivity (Wildman–Crippen MR) is 69.0 cm³/mol. The minimum Gasteiger partial charge on any atom is -0.352 e. The van der Waals surface area contributed by atoms with E-state index in [4.69, 9.17) is 0 Å². The molecule has 0 radical (unpaired) electrons. The van der Waals surface area contributed by atoms with E-state index in [1.54, 1.807) is 0 Å². The van der Waals surface area contributed by atoms with Gasteiger partial charge in [-0.1, -0.05) is 30.3 Å². The maximum atomic E-state index is 4.31. The highest BCUT2D eigenvalue weighted by molar-refractivity contribution is 5.59. The fraction of sp³-hybridized carbons (Fsp3) is 0.133. The predicted octanol–water partition coefficient (Wildman–Crippen LogP) is 3.23. The number of rotatable bonds is 3. The largest absolute Gasteiger partial charge is 0.352 e. The topological polar surface area (TPSA) is 17.8 Å². The van der Waals surface area contributed by atoms with Gasteiger partial charge in [0, 0.05) is 30.7 Å². The molecule has 0 unspecified atom stereocenters. The molecule has 2 nitrogen and oxygen atoms in total. The van der Waals surface area contributed by atoms with Crippen LogP contribution in [0.15, 0.2) is 61.1 Å². The molecule has 3 rings (SSSR count). The average Bonchev–Trinajstić information content (AvgIpc) is 2.85. The quantitative estimate of drug-likeness (QED) is 0.665. The molecule has 2 heterocycles. The molecule has 0 saturated carbocycles. The minimum absolute atomic E-state index is 0.993. The van der Waals surface area contributed by atoms with Crippen molar-refractivity contribution in [1.82, 2.24) is 9.55 Å². The molecule has 0 aliphatic carbocycles. The zero-order valence-corrected chi connectivity index (χ0v) is 9.58. The summed E-state index contributed by atoms with van der Waals surface area (Å²) in [4.78, 5) is 4.31. The Morgan fingerprint density at radius 2 is 1.88 bits per heavy atom. The Hall–Kier alpha value is -2.09. The summed E-state index contributed by atoms with van der Waals surface area (Å²) in [6, 6.07) is 14.7. The molecule has 17 heavy (non-hydrogen) atoms. The molecular weight excluding hydrogens is 208 g/mol. The first-order valence-corrected chi connectivity index (χ1v) is 5.86. The van der Waals surface area contributed by atoms with Crippen molar-refractivity contribution in [2.45, 2.75) is 13.0 Å². The Bertz CT molecular complexity index is 569. The summed E-state index contributed by atoms with van der Waals surface area (Å²) in [5.74, 6) is 0. The van der Waals surface area contributed by atoms with Gasteiger partial charge in [0.05, 0.1) is 5.69 Å². The van der Waals surface area contributed by atoms with E-state index in [0.29, 0.717) is 0 Å². The Morgan fingerprint density at radius 1 is 1.00 bits per heavy atom. The highest BCUT2D eigenvalue weighted by atomic mass is 14.9. The second kappa shape index (κ2) is 4.42. The van der Waals surface area contributed by atoms with Crippen molar-refractivity contribution in [2.24, 2.45) is 0 Å². The molecule has 0 amide bonds. The maximum absolute atomic E-state index is 4.31. The lowest BCUT2D eigenvalue weighted by Gasteiger charge is -2.08. The molecule has 0 atom stereocenters. The number of hydrogen-bond donors (Lipinski definition) is 0. The van der Waals surface area contributed by atoms with Crippen LogP contribution in [-0.4, -0.2) is 9.55 Å². The number of aromatic nitrogens is 2. The third-order valence-corrected chi connectivity index (χ3v) is 3.00. The van der Waals surface area contributed by atoms with Crippen LogP contribution < -0.4 is 0 Å². The molecule has 0 fully saturated rings. The number of aryl methyl sites for hydroxylation is 2. The maximum Gasteiger partial charge on any atom is 0.0864 e. The molecule has 0 bridgehead atoms. The Labute approximate surface area is 101 Å². The monoisotopic (exact) mass is 222 g/mol. The van der Waals surface area contributed by atoms with Crippen molar-refractivity contribution in [1.29, 1.82) is 0 Å². The van der Waals surface area contributed by atoms with Crippen LogP contribution in [0.3, 0.4) is 0 Å². The molecule has 1 aromatic carbocycles. The summed E-state index contributed by atoms with van der Waals surface area (Å²) in [7, 11) is 0. The van der Waals surface area contributed by atoms with E-state index in [-0.39, 0.29) is 0 Å². The van der Waals surface area contributed by atoms with Gasteiger partial charge in [-0.15, -0.1) is 0 Å². The number of hydrogen-bond acceptors (Lipinski definition) is 1. The van der Waals surface area contributed by atoms with Gasteiger partial charge in [0.1, 0.15) is 0 Å². The van der Waals surface area contributed by atoms with E-state index in [2.05, 4.69) is 58.3 Å². The standard InChI is InChI=1S/C15H14N2/c1-2-4-13(5-3-1)7-10-17-11-8-14-6-9-16-15(14)12-17/h1-6,8-9,11-12H,7,10H2. The van der Waals surface area contributed by atoms with E-state index in [9.17, 15) is 0 Å². The molecular formula is C15H14N2. The van der Waals surface area contributed by atoms with E-state index < -0.39 is 0 Å². The Morgan fingerprint density at radius 3 is 2.76 bits per heavy atom. The van der Waals surface area contributed by atoms with Crippen molar-refractivity contribution in [3.05, 3.63) is 66.6 Å². The van der Waals surface area contributed by atoms with Crippen molar-refractivity contribution in [3.63, 3.8) is 0 Å². The Kier molecular flexibility index (Phi) is 2.62. The molecule has 2 aliphatic heterocycles. The fourth-order valence-corrected chi connectivity index (χ4v) is 2.02. The van der Waals surface area contributed by atoms with Crippen LogP contribution in [0.25, 0.3) is 11.3 Å². The fourth-order valence-electron chi connectivity index (χ4n) is 2.02. The summed E-state index contributed by atoms with van der Waals surface area (Å²) in [5, 5.41) is 0. The van der Waals surface area contributed by atoms with E-state index in [1.165, 1.54) is 11.1 Å². The van der Waals surface area contributed by atoms with Gasteiger partial charge >= 0.3 is 0 Å². The summed E-state index contributed by atoms with van der Waals surface area (Å²) < 4.78 is 2.20. The summed E-state index contributed by atoms with van der Waals surface area (Å²) >= 11 is 0. The Balaban J connectivity index is 1.75. The molecule has 0 saturated heterocycles. The minimum atomic E-state index is 0.993. The second-order valence-corrected chi connectivity index (χ2v) is 4.20. The summed E-state index contributed by atoms with van der Waals surface area (Å²) in [5.41, 5.74) is 3.65. The zero-order chi connectivity index (χ0) is 11.5. The molecule has 2 heteroatoms. The first-order chi connectivity index (χ1) is 8.42. The zero-order valence-electron chi connectivity index (χ0n) is 9.58. The van der Waals surface area contributed by atoms with E-state index in [1.807, 2.05) is 12.3 Å². The van der Waals surface area contributed by atoms with E-state index >= 15 is 0 Å². The van der Waals surface area contributed by atoms with Gasteiger partial charge in [-0.3, -0.25) is 4.98 Å². The highest BCUT2D eigenvalue weighted by Gasteiger charge is 2.02. The lowest BCUT2D eigenvalue weighted by Crippen LogP contribution is -2.02. The lowest BCUT2D eigenvalue weighted by atomic mass is 10.1. The first kappa shape index (κ1) is 10.1. The van der Waals surface area contributed by atoms with E-state index in [0.717, 1.165) is 18.7 Å². The van der Waals surface area contributed by atoms with Crippen molar-refractivity contribution >= 4 is 0 Å². The van der Waals surface area contributed by atoms with Crippen LogP contribution in [0.5, 0.6) is 0 Å². The van der Waals surface area contributed by atoms with Crippen molar-refractivity contribution in [3.8, 4) is 11.3 Å². The number of benzene rings is 1. The van der Waals surface area contributed by atoms with Gasteiger partial charge in [-0.25, -0.2) is 0 Å². The lowest BCUT2D eigenvalue weighted by molar-refractivity contribution is 0.691. The molecule has 0 spiro atoms. The van der Waals surface area contributed by atoms with Crippen LogP contribution in [0.4, 0.5) is 0 Å². The second-order valence-electron chi connectivity index (χ2n) is 4.20. The molecule has 2 aliphatic rings. The number of nitrogens with zero attached hydrogens (tertiary/aromatic N) is 2. The van der Waals surface area contributed by atoms with Crippen molar-refractivity contribution in [2.75, 3.05) is 0 Å². The van der Waals surface area contributed by atoms with Crippen LogP contribution in [0.1, 0.15) is 5.56 Å². The summed E-state index contributed by atoms with van der Waals surface area (Å²) in [6.07, 6.45) is 7.13. The van der Waals surface area contributed by atoms with Crippen LogP contribution in [0.2, 0.25) is 0 Å². The SMILES string of the molecule is c1ccc(CCn2ccc3ccnc-3c2)cc1. The van der Waals surface area contributed by atoms with Crippen molar-refractivity contribution < 1.29 is 0 Å². The molecule has 0 N–H and O–H groups in total. The number of pyridine rings is 1. The normalized spacial score (nSPS) is 10.8. The summed E-state index contributed by atoms with van der Waals surface area (Å²) in [6.45, 7) is 0.993. The van der Waals surface area contributed by atoms with Gasteiger partial charge in [0.2, 0.25) is 0 Å². The molecule has 0 aromatic heterocycles. The third-order valence-electron chi connectivity index (χ3n) is 3.00. The first-order valence-electron chi connectivity index (χ1n) is 5.86. The van der Waals surface area contributed by atoms with Gasteiger partial charge in [0.15, 0.2) is 0 Å².